The number of hydrogen-bond acceptors (Lipinski definition) is 6. The second-order valence-electron chi connectivity index (χ2n) is 6.07. The van der Waals surface area contributed by atoms with E-state index in [1.807, 2.05) is 13.8 Å². The molecule has 1 aromatic carbocycles. The van der Waals surface area contributed by atoms with Crippen LogP contribution in [0.25, 0.3) is 0 Å². The van der Waals surface area contributed by atoms with Crippen LogP contribution in [-0.4, -0.2) is 51.2 Å². The summed E-state index contributed by atoms with van der Waals surface area (Å²) in [6, 6.07) is 6.76. The number of hydrogen-bond donors (Lipinski definition) is 3. The SMILES string of the molecule is CCOC(=O)/C=C/CSC(c1ccc(C(C)C)cc1)C(O)(C(=O)O)C(=O)O. The van der Waals surface area contributed by atoms with E-state index in [-0.39, 0.29) is 18.3 Å². The zero-order valence-electron chi connectivity index (χ0n) is 15.4. The zero-order chi connectivity index (χ0) is 20.6. The molecule has 0 heterocycles. The minimum Gasteiger partial charge on any atom is -0.479 e. The fourth-order valence-electron chi connectivity index (χ4n) is 2.32. The van der Waals surface area contributed by atoms with Crippen molar-refractivity contribution in [1.82, 2.24) is 0 Å². The number of carbonyl (C=O) groups excluding carboxylic acids is 1. The molecule has 8 heteroatoms. The summed E-state index contributed by atoms with van der Waals surface area (Å²) in [5, 5.41) is 27.8. The van der Waals surface area contributed by atoms with E-state index in [4.69, 9.17) is 4.74 Å². The maximum atomic E-state index is 11.5. The quantitative estimate of drug-likeness (QED) is 0.313. The first-order valence-electron chi connectivity index (χ1n) is 8.38. The maximum Gasteiger partial charge on any atom is 0.349 e. The molecular weight excluding hydrogens is 372 g/mol. The van der Waals surface area contributed by atoms with Crippen molar-refractivity contribution in [2.75, 3.05) is 12.4 Å². The van der Waals surface area contributed by atoms with Crippen molar-refractivity contribution in [2.24, 2.45) is 0 Å². The van der Waals surface area contributed by atoms with Crippen LogP contribution < -0.4 is 0 Å². The van der Waals surface area contributed by atoms with E-state index in [2.05, 4.69) is 0 Å². The fraction of sp³-hybridized carbons (Fsp3) is 0.421. The van der Waals surface area contributed by atoms with Crippen LogP contribution in [0.15, 0.2) is 36.4 Å². The van der Waals surface area contributed by atoms with E-state index in [9.17, 15) is 29.7 Å². The third-order valence-electron chi connectivity index (χ3n) is 3.84. The Morgan fingerprint density at radius 2 is 1.63 bits per heavy atom. The van der Waals surface area contributed by atoms with Crippen LogP contribution in [0.5, 0.6) is 0 Å². The lowest BCUT2D eigenvalue weighted by atomic mass is 9.92. The third-order valence-corrected chi connectivity index (χ3v) is 5.17. The van der Waals surface area contributed by atoms with Crippen molar-refractivity contribution in [2.45, 2.75) is 37.5 Å². The van der Waals surface area contributed by atoms with Gasteiger partial charge >= 0.3 is 17.9 Å². The number of benzene rings is 1. The Kier molecular flexibility index (Phi) is 8.52. The predicted octanol–water partition coefficient (Wildman–Crippen LogP) is 2.60. The van der Waals surface area contributed by atoms with Crippen LogP contribution in [0, 0.1) is 0 Å². The highest BCUT2D eigenvalue weighted by molar-refractivity contribution is 7.99. The molecule has 0 spiro atoms. The number of rotatable bonds is 10. The van der Waals surface area contributed by atoms with E-state index in [1.165, 1.54) is 12.2 Å². The van der Waals surface area contributed by atoms with Crippen LogP contribution in [0.4, 0.5) is 0 Å². The minimum absolute atomic E-state index is 0.109. The summed E-state index contributed by atoms with van der Waals surface area (Å²) in [4.78, 5) is 34.4. The molecular formula is C19H24O7S. The molecule has 0 amide bonds. The first-order chi connectivity index (χ1) is 12.6. The van der Waals surface area contributed by atoms with Gasteiger partial charge in [0, 0.05) is 11.8 Å². The largest absolute Gasteiger partial charge is 0.479 e. The molecule has 3 N–H and O–H groups in total. The average molecular weight is 396 g/mol. The highest BCUT2D eigenvalue weighted by atomic mass is 32.2. The van der Waals surface area contributed by atoms with Crippen molar-refractivity contribution in [3.63, 3.8) is 0 Å². The molecule has 0 fully saturated rings. The molecule has 27 heavy (non-hydrogen) atoms. The van der Waals surface area contributed by atoms with Gasteiger partial charge < -0.3 is 20.1 Å². The summed E-state index contributed by atoms with van der Waals surface area (Å²) in [5.41, 5.74) is -1.65. The lowest BCUT2D eigenvalue weighted by molar-refractivity contribution is -0.176. The molecule has 148 valence electrons. The van der Waals surface area contributed by atoms with Crippen LogP contribution in [0.1, 0.15) is 43.1 Å². The van der Waals surface area contributed by atoms with Crippen LogP contribution >= 0.6 is 11.8 Å². The number of ether oxygens (including phenoxy) is 1. The molecule has 0 bridgehead atoms. The molecule has 7 nitrogen and oxygen atoms in total. The van der Waals surface area contributed by atoms with Crippen molar-refractivity contribution in [3.05, 3.63) is 47.5 Å². The number of esters is 1. The van der Waals surface area contributed by atoms with Gasteiger partial charge in [0.05, 0.1) is 11.9 Å². The van der Waals surface area contributed by atoms with E-state index in [0.717, 1.165) is 17.3 Å². The monoisotopic (exact) mass is 396 g/mol. The highest BCUT2D eigenvalue weighted by Crippen LogP contribution is 2.40. The first kappa shape index (κ1) is 22.7. The Bertz CT molecular complexity index is 681. The van der Waals surface area contributed by atoms with Gasteiger partial charge in [-0.2, -0.15) is 0 Å². The standard InChI is InChI=1S/C19H24O7S/c1-4-26-15(20)6-5-11-27-16(19(25,17(21)22)18(23)24)14-9-7-13(8-10-14)12(2)3/h5-10,12,16,25H,4,11H2,1-3H3,(H,21,22)(H,23,24)/b6-5+. The molecule has 1 atom stereocenters. The summed E-state index contributed by atoms with van der Waals surface area (Å²) >= 11 is 0.906. The van der Waals surface area contributed by atoms with Crippen LogP contribution in [0.3, 0.4) is 0 Å². The zero-order valence-corrected chi connectivity index (χ0v) is 16.2. The van der Waals surface area contributed by atoms with Gasteiger partial charge in [-0.05, 0) is 24.0 Å². The van der Waals surface area contributed by atoms with Gasteiger partial charge in [-0.1, -0.05) is 44.2 Å². The fourth-order valence-corrected chi connectivity index (χ4v) is 3.51. The first-order valence-corrected chi connectivity index (χ1v) is 9.43. The van der Waals surface area contributed by atoms with Crippen molar-refractivity contribution in [1.29, 1.82) is 0 Å². The van der Waals surface area contributed by atoms with E-state index in [0.29, 0.717) is 5.56 Å². The molecule has 0 radical (unpaired) electrons. The Morgan fingerprint density at radius 1 is 1.11 bits per heavy atom. The van der Waals surface area contributed by atoms with Crippen LogP contribution in [-0.2, 0) is 19.1 Å². The van der Waals surface area contributed by atoms with Gasteiger partial charge in [0.1, 0.15) is 0 Å². The Labute approximate surface area is 162 Å². The lowest BCUT2D eigenvalue weighted by Gasteiger charge is -2.28. The van der Waals surface area contributed by atoms with E-state index >= 15 is 0 Å². The molecule has 0 aliphatic heterocycles. The second kappa shape index (κ2) is 10.1. The van der Waals surface area contributed by atoms with Crippen molar-refractivity contribution < 1.29 is 34.4 Å². The van der Waals surface area contributed by atoms with Crippen LogP contribution in [0.2, 0.25) is 0 Å². The molecule has 1 aromatic rings. The number of aliphatic hydroxyl groups is 1. The molecule has 0 aliphatic carbocycles. The number of carbonyl (C=O) groups is 3. The molecule has 0 aromatic heterocycles. The normalized spacial score (nSPS) is 12.9. The average Bonchev–Trinajstić information content (AvgIpc) is 2.61. The minimum atomic E-state index is -3.01. The van der Waals surface area contributed by atoms with E-state index in [1.54, 1.807) is 31.2 Å². The van der Waals surface area contributed by atoms with Gasteiger partial charge in [0.25, 0.3) is 5.60 Å². The van der Waals surface area contributed by atoms with E-state index < -0.39 is 28.8 Å². The number of carboxylic acid groups (broad SMARTS) is 2. The number of carboxylic acids is 2. The van der Waals surface area contributed by atoms with Gasteiger partial charge in [0.15, 0.2) is 0 Å². The summed E-state index contributed by atoms with van der Waals surface area (Å²) in [7, 11) is 0. The summed E-state index contributed by atoms with van der Waals surface area (Å²) in [5.74, 6) is -3.90. The summed E-state index contributed by atoms with van der Waals surface area (Å²) in [6.45, 7) is 5.87. The highest BCUT2D eigenvalue weighted by Gasteiger charge is 2.52. The molecule has 0 saturated heterocycles. The summed E-state index contributed by atoms with van der Waals surface area (Å²) in [6.07, 6.45) is 2.61. The third kappa shape index (κ3) is 5.83. The van der Waals surface area contributed by atoms with Crippen molar-refractivity contribution in [3.8, 4) is 0 Å². The predicted molar refractivity (Wildman–Crippen MR) is 102 cm³/mol. The maximum absolute atomic E-state index is 11.5. The Balaban J connectivity index is 3.14. The van der Waals surface area contributed by atoms with Gasteiger partial charge in [-0.3, -0.25) is 0 Å². The smallest absolute Gasteiger partial charge is 0.349 e. The second-order valence-corrected chi connectivity index (χ2v) is 7.20. The number of thioether (sulfide) groups is 1. The summed E-state index contributed by atoms with van der Waals surface area (Å²) < 4.78 is 4.74. The Hall–Kier alpha value is -2.32. The molecule has 0 aliphatic rings. The van der Waals surface area contributed by atoms with Gasteiger partial charge in [0.2, 0.25) is 0 Å². The van der Waals surface area contributed by atoms with Crippen molar-refractivity contribution >= 4 is 29.7 Å². The molecule has 1 rings (SSSR count). The topological polar surface area (TPSA) is 121 Å². The van der Waals surface area contributed by atoms with Gasteiger partial charge in [-0.15, -0.1) is 11.8 Å². The number of aliphatic carboxylic acids is 2. The van der Waals surface area contributed by atoms with Gasteiger partial charge in [-0.25, -0.2) is 14.4 Å². The Morgan fingerprint density at radius 3 is 2.07 bits per heavy atom. The molecule has 1 unspecified atom stereocenters. The lowest BCUT2D eigenvalue weighted by Crippen LogP contribution is -2.50. The molecule has 0 saturated carbocycles.